The molecule has 0 spiro atoms. The number of halogens is 1. The average molecular weight is 480 g/mol. The van der Waals surface area contributed by atoms with Crippen LogP contribution in [-0.4, -0.2) is 51.0 Å². The topological polar surface area (TPSA) is 86.8 Å². The third-order valence-electron chi connectivity index (χ3n) is 5.16. The van der Waals surface area contributed by atoms with E-state index in [2.05, 4.69) is 5.32 Å². The number of nitrogens with zero attached hydrogens (tertiary/aromatic N) is 2. The number of hydrogen-bond acceptors (Lipinski definition) is 4. The van der Waals surface area contributed by atoms with Gasteiger partial charge in [-0.2, -0.15) is 0 Å². The third kappa shape index (κ3) is 6.46. The number of para-hydroxylation sites is 1. The number of benzene rings is 2. The Hall–Kier alpha value is -2.58. The quantitative estimate of drug-likeness (QED) is 0.597. The lowest BCUT2D eigenvalue weighted by Gasteiger charge is -2.32. The van der Waals surface area contributed by atoms with Crippen molar-refractivity contribution in [3.8, 4) is 0 Å². The summed E-state index contributed by atoms with van der Waals surface area (Å²) in [5.74, 6) is -0.795. The molecule has 2 aromatic rings. The van der Waals surface area contributed by atoms with Crippen molar-refractivity contribution in [2.45, 2.75) is 39.3 Å². The molecule has 32 heavy (non-hydrogen) atoms. The molecule has 0 radical (unpaired) electrons. The van der Waals surface area contributed by atoms with E-state index >= 15 is 0 Å². The van der Waals surface area contributed by atoms with E-state index in [-0.39, 0.29) is 18.4 Å². The van der Waals surface area contributed by atoms with Gasteiger partial charge in [0.05, 0.1) is 11.9 Å². The predicted molar refractivity (Wildman–Crippen MR) is 128 cm³/mol. The molecule has 0 saturated heterocycles. The highest BCUT2D eigenvalue weighted by Gasteiger charge is 2.30. The summed E-state index contributed by atoms with van der Waals surface area (Å²) in [4.78, 5) is 27.1. The summed E-state index contributed by atoms with van der Waals surface area (Å²) in [6.07, 6.45) is 1.07. The van der Waals surface area contributed by atoms with Gasteiger partial charge < -0.3 is 10.2 Å². The maximum absolute atomic E-state index is 13.4. The minimum absolute atomic E-state index is 0.0536. The van der Waals surface area contributed by atoms with Crippen LogP contribution in [0, 0.1) is 0 Å². The zero-order valence-electron chi connectivity index (χ0n) is 19.0. The third-order valence-corrected chi connectivity index (χ3v) is 6.52. The molecular weight excluding hydrogens is 450 g/mol. The van der Waals surface area contributed by atoms with Gasteiger partial charge in [-0.05, 0) is 42.2 Å². The summed E-state index contributed by atoms with van der Waals surface area (Å²) in [6.45, 7) is 5.20. The van der Waals surface area contributed by atoms with Crippen molar-refractivity contribution >= 4 is 39.1 Å². The fourth-order valence-electron chi connectivity index (χ4n) is 3.42. The highest BCUT2D eigenvalue weighted by atomic mass is 35.5. The molecule has 174 valence electrons. The molecule has 0 saturated carbocycles. The van der Waals surface area contributed by atoms with Crippen molar-refractivity contribution < 1.29 is 18.0 Å². The molecule has 0 fully saturated rings. The molecule has 2 amide bonds. The van der Waals surface area contributed by atoms with E-state index in [0.29, 0.717) is 10.7 Å². The Morgan fingerprint density at radius 1 is 1.06 bits per heavy atom. The lowest BCUT2D eigenvalue weighted by molar-refractivity contribution is -0.139. The molecule has 2 aromatic carbocycles. The summed E-state index contributed by atoms with van der Waals surface area (Å²) < 4.78 is 26.5. The van der Waals surface area contributed by atoms with Crippen LogP contribution in [0.25, 0.3) is 0 Å². The van der Waals surface area contributed by atoms with Crippen LogP contribution < -0.4 is 9.62 Å². The molecule has 9 heteroatoms. The first kappa shape index (κ1) is 25.7. The van der Waals surface area contributed by atoms with E-state index in [4.69, 9.17) is 11.6 Å². The minimum atomic E-state index is -3.77. The van der Waals surface area contributed by atoms with E-state index < -0.39 is 28.5 Å². The molecule has 1 atom stereocenters. The van der Waals surface area contributed by atoms with E-state index in [1.54, 1.807) is 43.3 Å². The fraction of sp³-hybridized carbons (Fsp3) is 0.391. The molecule has 0 heterocycles. The van der Waals surface area contributed by atoms with E-state index in [9.17, 15) is 18.0 Å². The second-order valence-electron chi connectivity index (χ2n) is 7.92. The van der Waals surface area contributed by atoms with Gasteiger partial charge in [0, 0.05) is 18.6 Å². The zero-order chi connectivity index (χ0) is 24.1. The van der Waals surface area contributed by atoms with Crippen LogP contribution in [0.2, 0.25) is 5.02 Å². The van der Waals surface area contributed by atoms with Crippen molar-refractivity contribution in [3.63, 3.8) is 0 Å². The van der Waals surface area contributed by atoms with Crippen LogP contribution in [0.5, 0.6) is 0 Å². The van der Waals surface area contributed by atoms with Crippen molar-refractivity contribution in [1.82, 2.24) is 10.2 Å². The number of rotatable bonds is 9. The second kappa shape index (κ2) is 10.8. The SMILES string of the molecule is CNC(=O)[C@@H](C)N(Cc1cccc(Cl)c1)C(=O)CN(c1ccccc1C(C)C)S(C)(=O)=O. The Balaban J connectivity index is 2.45. The van der Waals surface area contributed by atoms with Gasteiger partial charge in [-0.25, -0.2) is 8.42 Å². The van der Waals surface area contributed by atoms with E-state index in [1.165, 1.54) is 11.9 Å². The van der Waals surface area contributed by atoms with Gasteiger partial charge >= 0.3 is 0 Å². The first-order chi connectivity index (χ1) is 15.0. The Kier molecular flexibility index (Phi) is 8.69. The number of amides is 2. The first-order valence-corrected chi connectivity index (χ1v) is 12.5. The van der Waals surface area contributed by atoms with Crippen molar-refractivity contribution in [2.75, 3.05) is 24.2 Å². The van der Waals surface area contributed by atoms with Crippen molar-refractivity contribution in [3.05, 3.63) is 64.7 Å². The lowest BCUT2D eigenvalue weighted by atomic mass is 10.0. The summed E-state index contributed by atoms with van der Waals surface area (Å²) >= 11 is 6.08. The molecular formula is C23H30ClN3O4S. The van der Waals surface area contributed by atoms with Gasteiger partial charge in [-0.3, -0.25) is 13.9 Å². The highest BCUT2D eigenvalue weighted by molar-refractivity contribution is 7.92. The van der Waals surface area contributed by atoms with Gasteiger partial charge in [0.2, 0.25) is 21.8 Å². The van der Waals surface area contributed by atoms with E-state index in [0.717, 1.165) is 21.7 Å². The van der Waals surface area contributed by atoms with Crippen LogP contribution in [0.3, 0.4) is 0 Å². The monoisotopic (exact) mass is 479 g/mol. The van der Waals surface area contributed by atoms with Gasteiger partial charge in [0.15, 0.2) is 0 Å². The second-order valence-corrected chi connectivity index (χ2v) is 10.3. The number of likely N-dealkylation sites (N-methyl/N-ethyl adjacent to an activating group) is 1. The van der Waals surface area contributed by atoms with Crippen LogP contribution >= 0.6 is 11.6 Å². The number of anilines is 1. The number of carbonyl (C=O) groups is 2. The number of sulfonamides is 1. The van der Waals surface area contributed by atoms with Crippen LogP contribution in [0.15, 0.2) is 48.5 Å². The molecule has 2 rings (SSSR count). The van der Waals surface area contributed by atoms with Gasteiger partial charge in [0.25, 0.3) is 0 Å². The Morgan fingerprint density at radius 2 is 1.72 bits per heavy atom. The largest absolute Gasteiger partial charge is 0.357 e. The molecule has 0 aliphatic rings. The normalized spacial score (nSPS) is 12.3. The minimum Gasteiger partial charge on any atom is -0.357 e. The number of carbonyl (C=O) groups excluding carboxylic acids is 2. The van der Waals surface area contributed by atoms with Crippen LogP contribution in [0.4, 0.5) is 5.69 Å². The molecule has 1 N–H and O–H groups in total. The van der Waals surface area contributed by atoms with Gasteiger partial charge in [0.1, 0.15) is 12.6 Å². The van der Waals surface area contributed by atoms with Crippen LogP contribution in [-0.2, 0) is 26.2 Å². The Morgan fingerprint density at radius 3 is 2.28 bits per heavy atom. The van der Waals surface area contributed by atoms with Crippen molar-refractivity contribution in [2.24, 2.45) is 0 Å². The summed E-state index contributed by atoms with van der Waals surface area (Å²) in [7, 11) is -2.28. The number of nitrogens with one attached hydrogen (secondary N) is 1. The fourth-order valence-corrected chi connectivity index (χ4v) is 4.50. The first-order valence-electron chi connectivity index (χ1n) is 10.3. The van der Waals surface area contributed by atoms with Crippen molar-refractivity contribution in [1.29, 1.82) is 0 Å². The highest BCUT2D eigenvalue weighted by Crippen LogP contribution is 2.29. The molecule has 0 aromatic heterocycles. The predicted octanol–water partition coefficient (Wildman–Crippen LogP) is 3.39. The Labute approximate surface area is 195 Å². The van der Waals surface area contributed by atoms with Crippen LogP contribution in [0.1, 0.15) is 37.8 Å². The smallest absolute Gasteiger partial charge is 0.244 e. The molecule has 0 aliphatic heterocycles. The van der Waals surface area contributed by atoms with Gasteiger partial charge in [-0.1, -0.05) is 55.8 Å². The molecule has 0 aliphatic carbocycles. The number of hydrogen-bond donors (Lipinski definition) is 1. The maximum atomic E-state index is 13.4. The van der Waals surface area contributed by atoms with Gasteiger partial charge in [-0.15, -0.1) is 0 Å². The summed E-state index contributed by atoms with van der Waals surface area (Å²) in [6, 6.07) is 13.3. The molecule has 7 nitrogen and oxygen atoms in total. The summed E-state index contributed by atoms with van der Waals surface area (Å²) in [5, 5.41) is 3.05. The Bertz CT molecular complexity index is 1070. The average Bonchev–Trinajstić information content (AvgIpc) is 2.73. The van der Waals surface area contributed by atoms with E-state index in [1.807, 2.05) is 26.0 Å². The lowest BCUT2D eigenvalue weighted by Crippen LogP contribution is -2.50. The molecule has 0 bridgehead atoms. The maximum Gasteiger partial charge on any atom is 0.244 e. The standard InChI is InChI=1S/C23H30ClN3O4S/c1-16(2)20-11-6-7-12-21(20)27(32(5,30)31)15-22(28)26(17(3)23(29)25-4)14-18-9-8-10-19(24)13-18/h6-13,16-17H,14-15H2,1-5H3,(H,25,29)/t17-/m1/s1. The summed E-state index contributed by atoms with van der Waals surface area (Å²) in [5.41, 5.74) is 2.00. The molecule has 0 unspecified atom stereocenters. The zero-order valence-corrected chi connectivity index (χ0v) is 20.6.